The molecule has 0 bridgehead atoms. The first-order valence-corrected chi connectivity index (χ1v) is 5.64. The van der Waals surface area contributed by atoms with Gasteiger partial charge in [-0.15, -0.1) is 0 Å². The molecule has 1 aromatic rings. The Morgan fingerprint density at radius 2 is 2.27 bits per heavy atom. The molecule has 0 aliphatic carbocycles. The maximum Gasteiger partial charge on any atom is 0.251 e. The van der Waals surface area contributed by atoms with Crippen LogP contribution in [0.5, 0.6) is 0 Å². The molecule has 1 aromatic heterocycles. The van der Waals surface area contributed by atoms with E-state index in [9.17, 15) is 9.59 Å². The van der Waals surface area contributed by atoms with Gasteiger partial charge in [0.05, 0.1) is 0 Å². The van der Waals surface area contributed by atoms with Crippen LogP contribution in [0.25, 0.3) is 0 Å². The Morgan fingerprint density at radius 3 is 2.80 bits per heavy atom. The van der Waals surface area contributed by atoms with Crippen molar-refractivity contribution in [1.29, 1.82) is 0 Å². The van der Waals surface area contributed by atoms with Crippen molar-refractivity contribution < 1.29 is 4.79 Å². The summed E-state index contributed by atoms with van der Waals surface area (Å²) in [7, 11) is 0. The van der Waals surface area contributed by atoms with Gasteiger partial charge in [-0.3, -0.25) is 9.59 Å². The van der Waals surface area contributed by atoms with Gasteiger partial charge in [0.2, 0.25) is 5.56 Å². The first-order chi connectivity index (χ1) is 6.94. The summed E-state index contributed by atoms with van der Waals surface area (Å²) in [5, 5.41) is 3.46. The van der Waals surface area contributed by atoms with Crippen LogP contribution in [0.4, 0.5) is 0 Å². The van der Waals surface area contributed by atoms with Crippen LogP contribution < -0.4 is 10.9 Å². The second-order valence-electron chi connectivity index (χ2n) is 3.91. The molecule has 0 radical (unpaired) electrons. The molecule has 0 aromatic carbocycles. The summed E-state index contributed by atoms with van der Waals surface area (Å²) in [6, 6.07) is 2.85. The predicted octanol–water partition coefficient (Wildman–Crippen LogP) is 1.28. The van der Waals surface area contributed by atoms with Crippen molar-refractivity contribution in [2.45, 2.75) is 19.4 Å². The van der Waals surface area contributed by atoms with E-state index in [0.29, 0.717) is 10.9 Å². The molecule has 0 aliphatic heterocycles. The van der Waals surface area contributed by atoms with Gasteiger partial charge in [0.15, 0.2) is 0 Å². The zero-order chi connectivity index (χ0) is 11.5. The fourth-order valence-electron chi connectivity index (χ4n) is 0.999. The van der Waals surface area contributed by atoms with Gasteiger partial charge in [-0.2, -0.15) is 0 Å². The smallest absolute Gasteiger partial charge is 0.251 e. The molecule has 15 heavy (non-hydrogen) atoms. The first kappa shape index (κ1) is 12.0. The highest BCUT2D eigenvalue weighted by Crippen LogP contribution is 2.07. The van der Waals surface area contributed by atoms with E-state index >= 15 is 0 Å². The lowest BCUT2D eigenvalue weighted by Crippen LogP contribution is -2.44. The van der Waals surface area contributed by atoms with Crippen molar-refractivity contribution >= 4 is 21.8 Å². The molecule has 82 valence electrons. The van der Waals surface area contributed by atoms with E-state index in [1.807, 2.05) is 13.8 Å². The molecule has 2 N–H and O–H groups in total. The Balaban J connectivity index is 2.83. The van der Waals surface area contributed by atoms with Crippen molar-refractivity contribution in [3.63, 3.8) is 0 Å². The topological polar surface area (TPSA) is 62.0 Å². The second-order valence-corrected chi connectivity index (χ2v) is 4.47. The van der Waals surface area contributed by atoms with E-state index in [1.165, 1.54) is 12.3 Å². The van der Waals surface area contributed by atoms with E-state index in [4.69, 9.17) is 0 Å². The molecule has 0 fully saturated rings. The Bertz CT molecular complexity index is 412. The largest absolute Gasteiger partial charge is 0.346 e. The number of aromatic amines is 1. The van der Waals surface area contributed by atoms with E-state index < -0.39 is 0 Å². The number of nitrogens with one attached hydrogen (secondary N) is 2. The highest BCUT2D eigenvalue weighted by Gasteiger charge is 2.19. The Hall–Kier alpha value is -1.10. The van der Waals surface area contributed by atoms with Gasteiger partial charge < -0.3 is 10.3 Å². The molecule has 1 rings (SSSR count). The van der Waals surface area contributed by atoms with Crippen molar-refractivity contribution in [1.82, 2.24) is 10.3 Å². The fraction of sp³-hybridized carbons (Fsp3) is 0.400. The minimum atomic E-state index is -0.334. The van der Waals surface area contributed by atoms with Gasteiger partial charge >= 0.3 is 0 Å². The molecule has 5 heteroatoms. The third-order valence-electron chi connectivity index (χ3n) is 1.82. The highest BCUT2D eigenvalue weighted by atomic mass is 79.9. The molecular weight excluding hydrogens is 260 g/mol. The van der Waals surface area contributed by atoms with Crippen LogP contribution >= 0.6 is 15.9 Å². The van der Waals surface area contributed by atoms with Gasteiger partial charge in [0, 0.05) is 28.7 Å². The van der Waals surface area contributed by atoms with Gasteiger partial charge in [-0.1, -0.05) is 15.9 Å². The summed E-state index contributed by atoms with van der Waals surface area (Å²) >= 11 is 3.30. The summed E-state index contributed by atoms with van der Waals surface area (Å²) in [6.07, 6.45) is 1.46. The van der Waals surface area contributed by atoms with Gasteiger partial charge in [0.25, 0.3) is 5.91 Å². The Labute approximate surface area is 96.2 Å². The minimum Gasteiger partial charge on any atom is -0.346 e. The number of carbonyl (C=O) groups excluding carboxylic acids is 1. The van der Waals surface area contributed by atoms with Crippen LogP contribution in [0.15, 0.2) is 23.1 Å². The van der Waals surface area contributed by atoms with Gasteiger partial charge in [0.1, 0.15) is 0 Å². The normalized spacial score (nSPS) is 11.1. The summed E-state index contributed by atoms with van der Waals surface area (Å²) in [5.41, 5.74) is -0.244. The number of rotatable bonds is 3. The zero-order valence-electron chi connectivity index (χ0n) is 8.63. The molecule has 4 nitrogen and oxygen atoms in total. The minimum absolute atomic E-state index is 0.245. The average Bonchev–Trinajstić information content (AvgIpc) is 2.17. The molecule has 0 saturated heterocycles. The lowest BCUT2D eigenvalue weighted by Gasteiger charge is -2.23. The van der Waals surface area contributed by atoms with Crippen molar-refractivity contribution in [3.05, 3.63) is 34.2 Å². The molecule has 1 heterocycles. The summed E-state index contributed by atoms with van der Waals surface area (Å²) in [5.74, 6) is -0.245. The lowest BCUT2D eigenvalue weighted by atomic mass is 10.1. The van der Waals surface area contributed by atoms with Crippen LogP contribution in [-0.2, 0) is 0 Å². The summed E-state index contributed by atoms with van der Waals surface area (Å²) in [4.78, 5) is 25.1. The number of hydrogen-bond donors (Lipinski definition) is 2. The molecule has 0 saturated carbocycles. The van der Waals surface area contributed by atoms with Crippen LogP contribution in [0.3, 0.4) is 0 Å². The molecular formula is C10H13BrN2O2. The highest BCUT2D eigenvalue weighted by molar-refractivity contribution is 9.09. The third kappa shape index (κ3) is 3.51. The second kappa shape index (κ2) is 4.61. The Kier molecular flexibility index (Phi) is 3.68. The molecule has 0 unspecified atom stereocenters. The standard InChI is InChI=1S/C10H13BrN2O2/c1-10(2,6-11)13-9(15)7-3-4-12-8(14)5-7/h3-5H,6H2,1-2H3,(H,12,14)(H,13,15). The molecule has 0 aliphatic rings. The first-order valence-electron chi connectivity index (χ1n) is 4.52. The third-order valence-corrected chi connectivity index (χ3v) is 3.23. The van der Waals surface area contributed by atoms with E-state index in [0.717, 1.165) is 0 Å². The van der Waals surface area contributed by atoms with Gasteiger partial charge in [-0.25, -0.2) is 0 Å². The molecule has 1 amide bonds. The number of pyridine rings is 1. The van der Waals surface area contributed by atoms with Crippen LogP contribution in [0.2, 0.25) is 0 Å². The van der Waals surface area contributed by atoms with E-state index in [1.54, 1.807) is 6.07 Å². The van der Waals surface area contributed by atoms with Crippen molar-refractivity contribution in [2.75, 3.05) is 5.33 Å². The van der Waals surface area contributed by atoms with Crippen molar-refractivity contribution in [3.8, 4) is 0 Å². The van der Waals surface area contributed by atoms with Crippen LogP contribution in [0.1, 0.15) is 24.2 Å². The number of alkyl halides is 1. The quantitative estimate of drug-likeness (QED) is 0.815. The number of H-pyrrole nitrogens is 1. The maximum absolute atomic E-state index is 11.7. The molecule has 0 spiro atoms. The number of hydrogen-bond acceptors (Lipinski definition) is 2. The zero-order valence-corrected chi connectivity index (χ0v) is 10.2. The SMILES string of the molecule is CC(C)(CBr)NC(=O)c1cc[nH]c(=O)c1. The number of carbonyl (C=O) groups is 1. The van der Waals surface area contributed by atoms with Gasteiger partial charge in [-0.05, 0) is 19.9 Å². The average molecular weight is 273 g/mol. The monoisotopic (exact) mass is 272 g/mol. The Morgan fingerprint density at radius 1 is 1.60 bits per heavy atom. The molecule has 0 atom stereocenters. The fourth-order valence-corrected chi connectivity index (χ4v) is 1.14. The number of halogens is 1. The number of amides is 1. The lowest BCUT2D eigenvalue weighted by molar-refractivity contribution is 0.0921. The van der Waals surface area contributed by atoms with Crippen LogP contribution in [0, 0.1) is 0 Å². The number of aromatic nitrogens is 1. The summed E-state index contributed by atoms with van der Waals surface area (Å²) in [6.45, 7) is 3.79. The predicted molar refractivity (Wildman–Crippen MR) is 62.4 cm³/mol. The van der Waals surface area contributed by atoms with E-state index in [2.05, 4.69) is 26.2 Å². The van der Waals surface area contributed by atoms with Crippen LogP contribution in [-0.4, -0.2) is 21.8 Å². The van der Waals surface area contributed by atoms with Crippen molar-refractivity contribution in [2.24, 2.45) is 0 Å². The maximum atomic E-state index is 11.7. The van der Waals surface area contributed by atoms with E-state index in [-0.39, 0.29) is 17.0 Å². The summed E-state index contributed by atoms with van der Waals surface area (Å²) < 4.78 is 0.